The Morgan fingerprint density at radius 1 is 0.562 bits per heavy atom. The summed E-state index contributed by atoms with van der Waals surface area (Å²) in [6.07, 6.45) is -7.06. The molecule has 0 aromatic heterocycles. The molecule has 0 saturated heterocycles. The van der Waals surface area contributed by atoms with Gasteiger partial charge in [0, 0.05) is 0 Å². The van der Waals surface area contributed by atoms with Crippen LogP contribution in [0.3, 0.4) is 0 Å². The number of hydrogen-bond acceptors (Lipinski definition) is 0. The monoisotopic (exact) mass is 289 g/mol. The maximum absolute atomic E-state index is 12.1. The van der Waals surface area contributed by atoms with Crippen molar-refractivity contribution in [2.24, 2.45) is 0 Å². The first kappa shape index (κ1) is 15.7. The summed E-state index contributed by atoms with van der Waals surface area (Å²) < 4.78 is 128. The molecule has 0 N–H and O–H groups in total. The van der Waals surface area contributed by atoms with Crippen LogP contribution in [0.25, 0.3) is 0 Å². The van der Waals surface area contributed by atoms with Crippen LogP contribution in [0, 0.1) is 0 Å². The van der Waals surface area contributed by atoms with Crippen molar-refractivity contribution in [2.45, 2.75) is 23.7 Å². The van der Waals surface area contributed by atoms with Gasteiger partial charge in [0.15, 0.2) is 0 Å². The molecule has 0 atom stereocenters. The van der Waals surface area contributed by atoms with Crippen molar-refractivity contribution in [3.8, 4) is 0 Å². The highest BCUT2D eigenvalue weighted by atomic mass is 31.2. The molecular formula is C4HF11P+. The van der Waals surface area contributed by atoms with Crippen LogP contribution in [0.5, 0.6) is 0 Å². The van der Waals surface area contributed by atoms with Crippen molar-refractivity contribution in [3.63, 3.8) is 0 Å². The normalized spacial score (nSPS) is 15.8. The zero-order valence-corrected chi connectivity index (χ0v) is 7.66. The minimum absolute atomic E-state index is 6.37. The summed E-state index contributed by atoms with van der Waals surface area (Å²) in [5, 5.41) is 0. The fourth-order valence-electron chi connectivity index (χ4n) is 0.494. The van der Waals surface area contributed by atoms with E-state index in [9.17, 15) is 47.9 Å². The minimum Gasteiger partial charge on any atom is -0.189 e. The Kier molecular flexibility index (Phi) is 3.77. The van der Waals surface area contributed by atoms with E-state index in [-0.39, 0.29) is 0 Å². The predicted octanol–water partition coefficient (Wildman–Crippen LogP) is 4.40. The highest BCUT2D eigenvalue weighted by molar-refractivity contribution is 7.47. The molecular weight excluding hydrogens is 288 g/mol. The summed E-state index contributed by atoms with van der Waals surface area (Å²) in [7, 11) is -6.37. The van der Waals surface area contributed by atoms with E-state index in [1.54, 1.807) is 0 Å². The molecule has 98 valence electrons. The smallest absolute Gasteiger partial charge is 0.189 e. The number of rotatable bonds is 3. The Bertz CT molecular complexity index is 251. The summed E-state index contributed by atoms with van der Waals surface area (Å²) >= 11 is 0. The molecule has 0 amide bonds. The lowest BCUT2D eigenvalue weighted by atomic mass is 10.1. The Labute approximate surface area is 81.4 Å². The van der Waals surface area contributed by atoms with Gasteiger partial charge in [-0.15, -0.1) is 0 Å². The van der Waals surface area contributed by atoms with E-state index in [4.69, 9.17) is 0 Å². The van der Waals surface area contributed by atoms with Crippen molar-refractivity contribution >= 4 is 8.54 Å². The van der Waals surface area contributed by atoms with Crippen molar-refractivity contribution in [3.05, 3.63) is 0 Å². The number of hydrogen-bond donors (Lipinski definition) is 0. The van der Waals surface area contributed by atoms with E-state index in [0.29, 0.717) is 0 Å². The van der Waals surface area contributed by atoms with Gasteiger partial charge in [0.05, 0.1) is 0 Å². The largest absolute Gasteiger partial charge is 0.486 e. The van der Waals surface area contributed by atoms with Crippen LogP contribution in [0.15, 0.2) is 0 Å². The molecule has 0 bridgehead atoms. The minimum atomic E-state index is -7.24. The lowest BCUT2D eigenvalue weighted by Crippen LogP contribution is -2.59. The molecule has 0 heterocycles. The van der Waals surface area contributed by atoms with Crippen LogP contribution >= 0.6 is 8.54 Å². The van der Waals surface area contributed by atoms with Crippen LogP contribution in [-0.4, -0.2) is 23.7 Å². The summed E-state index contributed by atoms with van der Waals surface area (Å²) in [5.74, 6) is -14.4. The maximum atomic E-state index is 12.1. The molecule has 0 nitrogen and oxygen atoms in total. The van der Waals surface area contributed by atoms with E-state index in [1.807, 2.05) is 0 Å². The third-order valence-electron chi connectivity index (χ3n) is 1.38. The molecule has 0 aromatic carbocycles. The van der Waals surface area contributed by atoms with E-state index in [1.165, 1.54) is 0 Å². The van der Waals surface area contributed by atoms with Gasteiger partial charge in [-0.1, -0.05) is 0 Å². The van der Waals surface area contributed by atoms with E-state index in [0.717, 1.165) is 0 Å². The van der Waals surface area contributed by atoms with Gasteiger partial charge in [0.2, 0.25) is 0 Å². The Morgan fingerprint density at radius 2 is 0.875 bits per heavy atom. The highest BCUT2D eigenvalue weighted by Gasteiger charge is 2.88. The van der Waals surface area contributed by atoms with Gasteiger partial charge < -0.3 is 0 Å². The summed E-state index contributed by atoms with van der Waals surface area (Å²) in [6, 6.07) is 0. The van der Waals surface area contributed by atoms with Crippen molar-refractivity contribution < 1.29 is 47.9 Å². The molecule has 0 aliphatic rings. The third kappa shape index (κ3) is 2.05. The molecule has 0 rings (SSSR count). The first-order valence-corrected chi connectivity index (χ1v) is 4.33. The molecule has 0 aliphatic carbocycles. The fourth-order valence-corrected chi connectivity index (χ4v) is 0.888. The summed E-state index contributed by atoms with van der Waals surface area (Å²) in [6.45, 7) is 0. The van der Waals surface area contributed by atoms with Gasteiger partial charge in [0.1, 0.15) is 0 Å². The molecule has 0 aromatic rings. The quantitative estimate of drug-likeness (QED) is 0.533. The number of alkyl halides is 9. The summed E-state index contributed by atoms with van der Waals surface area (Å²) in [5.41, 5.74) is -6.70. The predicted molar refractivity (Wildman–Crippen MR) is 31.4 cm³/mol. The van der Waals surface area contributed by atoms with Crippen LogP contribution < -0.4 is 0 Å². The van der Waals surface area contributed by atoms with Crippen molar-refractivity contribution in [2.75, 3.05) is 0 Å². The summed E-state index contributed by atoms with van der Waals surface area (Å²) in [4.78, 5) is 0. The fraction of sp³-hybridized carbons (Fsp3) is 1.00. The molecule has 0 fully saturated rings. The first-order chi connectivity index (χ1) is 6.69. The Balaban J connectivity index is 5.53. The molecule has 0 aliphatic heterocycles. The van der Waals surface area contributed by atoms with Crippen LogP contribution in [0.1, 0.15) is 0 Å². The highest BCUT2D eigenvalue weighted by Crippen LogP contribution is 2.66. The lowest BCUT2D eigenvalue weighted by molar-refractivity contribution is -0.382. The number of halogens is 11. The zero-order valence-electron chi connectivity index (χ0n) is 6.66. The van der Waals surface area contributed by atoms with E-state index >= 15 is 0 Å². The van der Waals surface area contributed by atoms with Gasteiger partial charge in [-0.25, -0.2) is 0 Å². The molecule has 0 unspecified atom stereocenters. The average molecular weight is 289 g/mol. The second-order valence-electron chi connectivity index (χ2n) is 2.48. The van der Waals surface area contributed by atoms with E-state index < -0.39 is 32.2 Å². The third-order valence-corrected chi connectivity index (χ3v) is 2.17. The maximum Gasteiger partial charge on any atom is 0.486 e. The molecule has 0 spiro atoms. The topological polar surface area (TPSA) is 0 Å². The van der Waals surface area contributed by atoms with Crippen molar-refractivity contribution in [1.82, 2.24) is 0 Å². The van der Waals surface area contributed by atoms with Gasteiger partial charge in [-0.05, 0) is 8.39 Å². The van der Waals surface area contributed by atoms with Crippen LogP contribution in [0.4, 0.5) is 47.9 Å². The van der Waals surface area contributed by atoms with Crippen LogP contribution in [-0.2, 0) is 0 Å². The van der Waals surface area contributed by atoms with E-state index in [2.05, 4.69) is 0 Å². The second kappa shape index (κ2) is 3.85. The molecule has 0 radical (unpaired) electrons. The Hall–Kier alpha value is -0.340. The first-order valence-electron chi connectivity index (χ1n) is 3.08. The zero-order chi connectivity index (χ0) is 13.6. The van der Waals surface area contributed by atoms with Gasteiger partial charge in [0.25, 0.3) is 0 Å². The molecule has 16 heavy (non-hydrogen) atoms. The second-order valence-corrected chi connectivity index (χ2v) is 3.63. The van der Waals surface area contributed by atoms with Gasteiger partial charge >= 0.3 is 32.2 Å². The SMILES string of the molecule is F[PH+](F)C(F)(F)C(F)(F)C(F)(F)C(F)(F)F. The van der Waals surface area contributed by atoms with Crippen molar-refractivity contribution in [1.29, 1.82) is 0 Å². The standard InChI is InChI=1S/C4F11P/c5-1(6,3(9,10)11)2(7,8)4(12,13)16(14)15/p+1. The molecule has 0 saturated carbocycles. The molecule has 12 heteroatoms. The lowest BCUT2D eigenvalue weighted by Gasteiger charge is -2.29. The average Bonchev–Trinajstić information content (AvgIpc) is 2.00. The van der Waals surface area contributed by atoms with Crippen LogP contribution in [0.2, 0.25) is 0 Å². The Morgan fingerprint density at radius 3 is 1.06 bits per heavy atom. The van der Waals surface area contributed by atoms with Gasteiger partial charge in [-0.2, -0.15) is 39.5 Å². The van der Waals surface area contributed by atoms with Gasteiger partial charge in [-0.3, -0.25) is 0 Å².